The molecule has 100 valence electrons. The molecule has 1 heterocycles. The van der Waals surface area contributed by atoms with Crippen LogP contribution in [0.25, 0.3) is 10.9 Å². The summed E-state index contributed by atoms with van der Waals surface area (Å²) < 4.78 is 0. The third-order valence-electron chi connectivity index (χ3n) is 4.63. The summed E-state index contributed by atoms with van der Waals surface area (Å²) in [6.45, 7) is 4.30. The number of nitrogens with two attached hydrogens (primary N) is 1. The fourth-order valence-corrected chi connectivity index (χ4v) is 3.33. The van der Waals surface area contributed by atoms with Gasteiger partial charge in [-0.1, -0.05) is 25.5 Å². The van der Waals surface area contributed by atoms with Gasteiger partial charge in [0.25, 0.3) is 0 Å². The minimum atomic E-state index is -0.125. The first-order valence-electron chi connectivity index (χ1n) is 7.27. The largest absolute Gasteiger partial charge is 0.321 e. The van der Waals surface area contributed by atoms with E-state index in [0.717, 1.165) is 30.0 Å². The van der Waals surface area contributed by atoms with Crippen LogP contribution in [0.4, 0.5) is 0 Å². The molecule has 3 rings (SSSR count). The van der Waals surface area contributed by atoms with Gasteiger partial charge in [-0.15, -0.1) is 0 Å². The predicted octanol–water partition coefficient (Wildman–Crippen LogP) is 3.91. The number of nitrogens with zero attached hydrogens (tertiary/aromatic N) is 1. The number of aromatic nitrogens is 1. The van der Waals surface area contributed by atoms with E-state index in [1.807, 2.05) is 6.92 Å². The Hall–Kier alpha value is -1.41. The van der Waals surface area contributed by atoms with Gasteiger partial charge in [0.15, 0.2) is 0 Å². The van der Waals surface area contributed by atoms with E-state index in [0.29, 0.717) is 0 Å². The number of hydrogen-bond donors (Lipinski definition) is 1. The van der Waals surface area contributed by atoms with Gasteiger partial charge in [-0.3, -0.25) is 4.98 Å². The van der Waals surface area contributed by atoms with Crippen LogP contribution >= 0.6 is 0 Å². The average molecular weight is 254 g/mol. The predicted molar refractivity (Wildman–Crippen MR) is 80.0 cm³/mol. The first kappa shape index (κ1) is 12.6. The molecule has 1 aliphatic rings. The summed E-state index contributed by atoms with van der Waals surface area (Å²) in [5.74, 6) is 0.789. The molecule has 1 fully saturated rings. The van der Waals surface area contributed by atoms with Crippen LogP contribution in [-0.2, 0) is 5.54 Å². The van der Waals surface area contributed by atoms with Crippen LogP contribution in [0.2, 0.25) is 0 Å². The zero-order valence-corrected chi connectivity index (χ0v) is 11.8. The molecule has 1 aliphatic carbocycles. The molecular weight excluding hydrogens is 232 g/mol. The summed E-state index contributed by atoms with van der Waals surface area (Å²) in [5.41, 5.74) is 9.93. The smallest absolute Gasteiger partial charge is 0.0705 e. The average Bonchev–Trinajstić information content (AvgIpc) is 2.81. The van der Waals surface area contributed by atoms with Crippen LogP contribution in [0.1, 0.15) is 43.9 Å². The summed E-state index contributed by atoms with van der Waals surface area (Å²) in [7, 11) is 0. The molecule has 2 heteroatoms. The monoisotopic (exact) mass is 254 g/mol. The zero-order valence-electron chi connectivity index (χ0n) is 11.8. The lowest BCUT2D eigenvalue weighted by Crippen LogP contribution is -2.33. The lowest BCUT2D eigenvalue weighted by atomic mass is 9.87. The summed E-state index contributed by atoms with van der Waals surface area (Å²) in [6.07, 6.45) is 4.73. The standard InChI is InChI=1S/C17H22N2/c1-3-13-8-9-17(18,11-13)15-6-7-16-14(10-15)5-4-12(2)19-16/h4-7,10,13H,3,8-9,11,18H2,1-2H3. The van der Waals surface area contributed by atoms with Gasteiger partial charge in [-0.25, -0.2) is 0 Å². The highest BCUT2D eigenvalue weighted by Crippen LogP contribution is 2.41. The van der Waals surface area contributed by atoms with Crippen LogP contribution in [0.3, 0.4) is 0 Å². The van der Waals surface area contributed by atoms with Crippen LogP contribution < -0.4 is 5.73 Å². The van der Waals surface area contributed by atoms with Gasteiger partial charge in [0.1, 0.15) is 0 Å². The Bertz CT molecular complexity index is 605. The Labute approximate surface area is 115 Å². The molecule has 2 atom stereocenters. The van der Waals surface area contributed by atoms with Gasteiger partial charge in [-0.2, -0.15) is 0 Å². The van der Waals surface area contributed by atoms with E-state index < -0.39 is 0 Å². The van der Waals surface area contributed by atoms with E-state index in [1.54, 1.807) is 0 Å². The molecule has 19 heavy (non-hydrogen) atoms. The van der Waals surface area contributed by atoms with Gasteiger partial charge >= 0.3 is 0 Å². The van der Waals surface area contributed by atoms with Gasteiger partial charge in [0.2, 0.25) is 0 Å². The van der Waals surface area contributed by atoms with E-state index in [9.17, 15) is 0 Å². The Balaban J connectivity index is 1.99. The lowest BCUT2D eigenvalue weighted by Gasteiger charge is -2.25. The van der Waals surface area contributed by atoms with Gasteiger partial charge < -0.3 is 5.73 Å². The van der Waals surface area contributed by atoms with Crippen molar-refractivity contribution in [3.05, 3.63) is 41.6 Å². The second kappa shape index (κ2) is 4.61. The Morgan fingerprint density at radius 2 is 2.16 bits per heavy atom. The molecule has 1 saturated carbocycles. The number of benzene rings is 1. The third kappa shape index (κ3) is 2.25. The molecular formula is C17H22N2. The second-order valence-electron chi connectivity index (χ2n) is 6.03. The number of hydrogen-bond acceptors (Lipinski definition) is 2. The van der Waals surface area contributed by atoms with Crippen LogP contribution in [0.15, 0.2) is 30.3 Å². The van der Waals surface area contributed by atoms with Crippen LogP contribution in [-0.4, -0.2) is 4.98 Å². The Kier molecular flexibility index (Phi) is 3.06. The molecule has 0 bridgehead atoms. The maximum Gasteiger partial charge on any atom is 0.0705 e. The SMILES string of the molecule is CCC1CCC(N)(c2ccc3nc(C)ccc3c2)C1. The minimum absolute atomic E-state index is 0.125. The summed E-state index contributed by atoms with van der Waals surface area (Å²) >= 11 is 0. The normalized spacial score (nSPS) is 27.0. The van der Waals surface area contributed by atoms with Crippen molar-refractivity contribution < 1.29 is 0 Å². The van der Waals surface area contributed by atoms with Crippen molar-refractivity contribution in [1.82, 2.24) is 4.98 Å². The summed E-state index contributed by atoms with van der Waals surface area (Å²) in [4.78, 5) is 4.56. The topological polar surface area (TPSA) is 38.9 Å². The molecule has 2 nitrogen and oxygen atoms in total. The van der Waals surface area contributed by atoms with Gasteiger partial charge in [0, 0.05) is 16.6 Å². The van der Waals surface area contributed by atoms with Crippen molar-refractivity contribution in [3.63, 3.8) is 0 Å². The number of aryl methyl sites for hydroxylation is 1. The summed E-state index contributed by atoms with van der Waals surface area (Å²) in [5, 5.41) is 1.20. The molecule has 0 aliphatic heterocycles. The van der Waals surface area contributed by atoms with Crippen LogP contribution in [0.5, 0.6) is 0 Å². The van der Waals surface area contributed by atoms with Gasteiger partial charge in [0.05, 0.1) is 5.52 Å². The molecule has 2 aromatic rings. The van der Waals surface area contributed by atoms with E-state index in [1.165, 1.54) is 23.8 Å². The van der Waals surface area contributed by atoms with Crippen molar-refractivity contribution in [2.45, 2.75) is 45.1 Å². The molecule has 2 unspecified atom stereocenters. The maximum atomic E-state index is 6.65. The highest BCUT2D eigenvalue weighted by Gasteiger charge is 2.36. The van der Waals surface area contributed by atoms with E-state index in [-0.39, 0.29) is 5.54 Å². The van der Waals surface area contributed by atoms with E-state index >= 15 is 0 Å². The zero-order chi connectivity index (χ0) is 13.5. The molecule has 0 saturated heterocycles. The van der Waals surface area contributed by atoms with Crippen molar-refractivity contribution in [2.75, 3.05) is 0 Å². The number of fused-ring (bicyclic) bond motifs is 1. The van der Waals surface area contributed by atoms with Crippen molar-refractivity contribution in [2.24, 2.45) is 11.7 Å². The van der Waals surface area contributed by atoms with Gasteiger partial charge in [-0.05, 0) is 55.9 Å². The fourth-order valence-electron chi connectivity index (χ4n) is 3.33. The number of pyridine rings is 1. The van der Waals surface area contributed by atoms with E-state index in [4.69, 9.17) is 5.73 Å². The highest BCUT2D eigenvalue weighted by molar-refractivity contribution is 5.79. The molecule has 0 spiro atoms. The first-order chi connectivity index (χ1) is 9.10. The van der Waals surface area contributed by atoms with Crippen LogP contribution in [0, 0.1) is 12.8 Å². The molecule has 0 amide bonds. The molecule has 1 aromatic carbocycles. The second-order valence-corrected chi connectivity index (χ2v) is 6.03. The minimum Gasteiger partial charge on any atom is -0.321 e. The maximum absolute atomic E-state index is 6.65. The fraction of sp³-hybridized carbons (Fsp3) is 0.471. The lowest BCUT2D eigenvalue weighted by molar-refractivity contribution is 0.425. The molecule has 1 aromatic heterocycles. The Morgan fingerprint density at radius 1 is 1.32 bits per heavy atom. The quantitative estimate of drug-likeness (QED) is 0.882. The van der Waals surface area contributed by atoms with Crippen molar-refractivity contribution in [1.29, 1.82) is 0 Å². The Morgan fingerprint density at radius 3 is 2.89 bits per heavy atom. The summed E-state index contributed by atoms with van der Waals surface area (Å²) in [6, 6.07) is 10.7. The third-order valence-corrected chi connectivity index (χ3v) is 4.63. The molecule has 2 N–H and O–H groups in total. The number of rotatable bonds is 2. The van der Waals surface area contributed by atoms with E-state index in [2.05, 4.69) is 42.2 Å². The van der Waals surface area contributed by atoms with Crippen molar-refractivity contribution >= 4 is 10.9 Å². The van der Waals surface area contributed by atoms with Crippen molar-refractivity contribution in [3.8, 4) is 0 Å². The highest BCUT2D eigenvalue weighted by atomic mass is 14.8. The first-order valence-corrected chi connectivity index (χ1v) is 7.27. The molecule has 0 radical (unpaired) electrons.